The molecule has 0 spiro atoms. The van der Waals surface area contributed by atoms with Gasteiger partial charge in [0.05, 0.1) is 34.0 Å². The van der Waals surface area contributed by atoms with Gasteiger partial charge in [0.15, 0.2) is 10.8 Å². The molecule has 3 saturated heterocycles. The molecule has 3 fully saturated rings. The molecular weight excluding hydrogens is 939 g/mol. The van der Waals surface area contributed by atoms with Crippen LogP contribution in [0.25, 0.3) is 32.2 Å². The number of para-hydroxylation sites is 1. The Labute approximate surface area is 429 Å². The third-order valence-corrected chi connectivity index (χ3v) is 16.8. The Hall–Kier alpha value is -6.72. The summed E-state index contributed by atoms with van der Waals surface area (Å²) < 4.78 is 9.34. The van der Waals surface area contributed by atoms with Crippen LogP contribution in [0.2, 0.25) is 0 Å². The predicted molar refractivity (Wildman–Crippen MR) is 285 cm³/mol. The number of aliphatic hydroxyl groups excluding tert-OH is 1. The van der Waals surface area contributed by atoms with Crippen molar-refractivity contribution in [3.63, 3.8) is 0 Å². The fourth-order valence-electron chi connectivity index (χ4n) is 11.6. The molecule has 4 aromatic carbocycles. The highest BCUT2D eigenvalue weighted by molar-refractivity contribution is 7.22. The number of anilines is 2. The predicted octanol–water partition coefficient (Wildman–Crippen LogP) is 8.74. The minimum absolute atomic E-state index is 0.0212. The molecule has 3 aromatic heterocycles. The lowest BCUT2D eigenvalue weighted by atomic mass is 9.87. The third-order valence-electron chi connectivity index (χ3n) is 15.9. The van der Waals surface area contributed by atoms with Crippen LogP contribution in [0.15, 0.2) is 91.0 Å². The first kappa shape index (κ1) is 48.5. The van der Waals surface area contributed by atoms with Crippen molar-refractivity contribution in [2.24, 2.45) is 13.0 Å². The van der Waals surface area contributed by atoms with Crippen molar-refractivity contribution in [2.75, 3.05) is 62.6 Å². The van der Waals surface area contributed by atoms with E-state index in [0.29, 0.717) is 72.9 Å². The second-order valence-corrected chi connectivity index (χ2v) is 21.4. The number of rotatable bonds is 14. The third kappa shape index (κ3) is 10.3. The van der Waals surface area contributed by atoms with E-state index in [9.17, 15) is 24.6 Å². The van der Waals surface area contributed by atoms with Gasteiger partial charge in [-0.1, -0.05) is 59.9 Å². The molecule has 2 amide bonds. The smallest absolute Gasteiger partial charge is 0.355 e. The number of aliphatic hydroxyl groups is 1. The number of carbonyl (C=O) groups excluding carboxylic acids is 2. The Morgan fingerprint density at radius 1 is 0.849 bits per heavy atom. The van der Waals surface area contributed by atoms with E-state index in [4.69, 9.17) is 14.8 Å². The number of piperidine rings is 3. The molecule has 4 aliphatic heterocycles. The normalized spacial score (nSPS) is 19.3. The molecule has 2 atom stereocenters. The number of carboxylic acids is 1. The maximum absolute atomic E-state index is 13.7. The van der Waals surface area contributed by atoms with E-state index < -0.39 is 12.2 Å². The Kier molecular flexibility index (Phi) is 14.0. The number of aryl methyl sites for hydroxylation is 1. The number of amides is 2. The van der Waals surface area contributed by atoms with Crippen LogP contribution in [0.4, 0.5) is 10.9 Å². The average molecular weight is 1000 g/mol. The zero-order valence-corrected chi connectivity index (χ0v) is 42.4. The van der Waals surface area contributed by atoms with Crippen LogP contribution < -0.4 is 20.3 Å². The van der Waals surface area contributed by atoms with Gasteiger partial charge in [-0.25, -0.2) is 14.8 Å². The zero-order valence-electron chi connectivity index (χ0n) is 41.6. The number of aromatic carboxylic acids is 1. The summed E-state index contributed by atoms with van der Waals surface area (Å²) in [5.41, 5.74) is 8.78. The molecule has 4 N–H and O–H groups in total. The second kappa shape index (κ2) is 21.0. The molecule has 378 valence electrons. The Bertz CT molecular complexity index is 3160. The molecule has 15 nitrogen and oxygen atoms in total. The highest BCUT2D eigenvalue weighted by atomic mass is 32.1. The maximum Gasteiger partial charge on any atom is 0.355 e. The quantitative estimate of drug-likeness (QED) is 0.0816. The summed E-state index contributed by atoms with van der Waals surface area (Å²) in [7, 11) is 1.95. The molecular formula is C57H63N9O6S. The lowest BCUT2D eigenvalue weighted by Crippen LogP contribution is -2.42. The summed E-state index contributed by atoms with van der Waals surface area (Å²) >= 11 is 1.44. The highest BCUT2D eigenvalue weighted by Crippen LogP contribution is 2.37. The average Bonchev–Trinajstić information content (AvgIpc) is 3.97. The van der Waals surface area contributed by atoms with E-state index in [-0.39, 0.29) is 23.4 Å². The van der Waals surface area contributed by atoms with E-state index in [0.717, 1.165) is 126 Å². The first-order valence-corrected chi connectivity index (χ1v) is 26.7. The number of likely N-dealkylation sites (tertiary alicyclic amines) is 2. The number of benzene rings is 4. The number of ether oxygens (including phenoxy) is 1. The summed E-state index contributed by atoms with van der Waals surface area (Å²) in [4.78, 5) is 55.8. The number of fused-ring (bicyclic) bond motifs is 3. The van der Waals surface area contributed by atoms with Gasteiger partial charge < -0.3 is 35.0 Å². The van der Waals surface area contributed by atoms with Crippen molar-refractivity contribution in [1.29, 1.82) is 0 Å². The molecule has 2 unspecified atom stereocenters. The Morgan fingerprint density at radius 3 is 2.41 bits per heavy atom. The van der Waals surface area contributed by atoms with Crippen LogP contribution in [0.1, 0.15) is 106 Å². The summed E-state index contributed by atoms with van der Waals surface area (Å²) in [5, 5.41) is 32.4. The standard InChI is InChI=1S/C57H63N9O6S/c1-35-40(41-15-17-50(59-53(41)56(70)71)66-29-23-38-7-5-9-42(45(38)34-66)54(68)61-57-58-46-10-3-4-12-49(46)73-57)8-6-11-48(35)72-32-24-36-19-25-64(26-20-36)30-31-65-27-21-37(22-28-65)39-13-14-43-47(33-39)63(2)62-52(43)44-16-18-51(67)60-55(44)69/h3-15,17,33,36-37,44,51,67H,16,18-32,34H2,1-2H3,(H,60,69)(H,70,71)(H,58,61,68). The monoisotopic (exact) mass is 1000 g/mol. The van der Waals surface area contributed by atoms with Crippen molar-refractivity contribution in [2.45, 2.75) is 82.9 Å². The van der Waals surface area contributed by atoms with Crippen molar-refractivity contribution in [3.8, 4) is 16.9 Å². The summed E-state index contributed by atoms with van der Waals surface area (Å²) in [5.74, 6) is 0.585. The van der Waals surface area contributed by atoms with Crippen molar-refractivity contribution in [1.82, 2.24) is 34.9 Å². The molecule has 4 aliphatic rings. The van der Waals surface area contributed by atoms with E-state index in [2.05, 4.69) is 43.6 Å². The molecule has 0 aliphatic carbocycles. The molecule has 7 aromatic rings. The number of hydrogen-bond acceptors (Lipinski definition) is 12. The number of carbonyl (C=O) groups is 3. The topological polar surface area (TPSA) is 178 Å². The van der Waals surface area contributed by atoms with Gasteiger partial charge in [-0.05, 0) is 167 Å². The largest absolute Gasteiger partial charge is 0.493 e. The second-order valence-electron chi connectivity index (χ2n) is 20.3. The maximum atomic E-state index is 13.7. The van der Waals surface area contributed by atoms with E-state index in [1.54, 1.807) is 0 Å². The van der Waals surface area contributed by atoms with Gasteiger partial charge in [0.2, 0.25) is 5.91 Å². The Morgan fingerprint density at radius 2 is 1.63 bits per heavy atom. The number of nitrogens with zero attached hydrogens (tertiary/aromatic N) is 7. The SMILES string of the molecule is Cc1c(OCCC2CCN(CCN3CCC(c4ccc5c(C6CCC(O)NC6=O)nn(C)c5c4)CC3)CC2)cccc1-c1ccc(N2CCc3cccc(C(=O)Nc4nc5ccccc5s4)c3C2)nc1C(=O)O. The van der Waals surface area contributed by atoms with Gasteiger partial charge in [-0.3, -0.25) is 19.6 Å². The minimum atomic E-state index is -1.10. The summed E-state index contributed by atoms with van der Waals surface area (Å²) in [6.07, 6.45) is 6.57. The Balaban J connectivity index is 0.646. The van der Waals surface area contributed by atoms with Crippen molar-refractivity contribution < 1.29 is 29.3 Å². The van der Waals surface area contributed by atoms with Crippen LogP contribution in [0.5, 0.6) is 5.75 Å². The molecule has 0 bridgehead atoms. The summed E-state index contributed by atoms with van der Waals surface area (Å²) in [6.45, 7) is 10.2. The van der Waals surface area contributed by atoms with E-state index in [1.807, 2.05) is 96.3 Å². The van der Waals surface area contributed by atoms with Crippen LogP contribution >= 0.6 is 11.3 Å². The van der Waals surface area contributed by atoms with Gasteiger partial charge in [0.25, 0.3) is 5.91 Å². The number of aromatic nitrogens is 4. The molecule has 73 heavy (non-hydrogen) atoms. The molecule has 11 rings (SSSR count). The van der Waals surface area contributed by atoms with Crippen molar-refractivity contribution in [3.05, 3.63) is 130 Å². The van der Waals surface area contributed by atoms with Crippen LogP contribution in [-0.4, -0.2) is 116 Å². The van der Waals surface area contributed by atoms with Crippen LogP contribution in [-0.2, 0) is 24.8 Å². The fraction of sp³-hybridized carbons (Fsp3) is 0.404. The van der Waals surface area contributed by atoms with Gasteiger partial charge in [0.1, 0.15) is 17.8 Å². The number of thiazole rings is 1. The molecule has 0 saturated carbocycles. The number of carboxylic acid groups (broad SMARTS) is 1. The first-order chi connectivity index (χ1) is 35.5. The number of nitrogens with one attached hydrogen (secondary N) is 2. The van der Waals surface area contributed by atoms with E-state index in [1.165, 1.54) is 16.9 Å². The lowest BCUT2D eigenvalue weighted by molar-refractivity contribution is -0.128. The van der Waals surface area contributed by atoms with Gasteiger partial charge in [-0.2, -0.15) is 5.10 Å². The van der Waals surface area contributed by atoms with Crippen LogP contribution in [0.3, 0.4) is 0 Å². The number of pyridine rings is 1. The highest BCUT2D eigenvalue weighted by Gasteiger charge is 2.33. The first-order valence-electron chi connectivity index (χ1n) is 25.9. The fourth-order valence-corrected chi connectivity index (χ4v) is 12.5. The van der Waals surface area contributed by atoms with Gasteiger partial charge >= 0.3 is 5.97 Å². The van der Waals surface area contributed by atoms with E-state index >= 15 is 0 Å². The minimum Gasteiger partial charge on any atom is -0.493 e. The van der Waals surface area contributed by atoms with Crippen LogP contribution in [0, 0.1) is 12.8 Å². The van der Waals surface area contributed by atoms with Gasteiger partial charge in [0, 0.05) is 49.7 Å². The number of hydrogen-bond donors (Lipinski definition) is 4. The summed E-state index contributed by atoms with van der Waals surface area (Å²) in [6, 6.07) is 29.8. The zero-order chi connectivity index (χ0) is 50.2. The molecule has 0 radical (unpaired) electrons. The van der Waals surface area contributed by atoms with Gasteiger partial charge in [-0.15, -0.1) is 0 Å². The molecule has 7 heterocycles. The molecule has 16 heteroatoms. The lowest BCUT2D eigenvalue weighted by Gasteiger charge is -2.36. The van der Waals surface area contributed by atoms with Crippen molar-refractivity contribution >= 4 is 61.2 Å².